The fraction of sp³-hybridized carbons (Fsp3) is 0.211. The summed E-state index contributed by atoms with van der Waals surface area (Å²) in [7, 11) is 0. The molecule has 0 aliphatic carbocycles. The molecule has 0 aliphatic heterocycles. The third kappa shape index (κ3) is 4.89. The maximum atomic E-state index is 13.5. The Balaban J connectivity index is 1.45. The van der Waals surface area contributed by atoms with Crippen LogP contribution in [0.5, 0.6) is 0 Å². The Morgan fingerprint density at radius 3 is 2.62 bits per heavy atom. The zero-order valence-corrected chi connectivity index (χ0v) is 14.7. The molecule has 0 spiro atoms. The van der Waals surface area contributed by atoms with Crippen LogP contribution in [0.25, 0.3) is 11.5 Å². The van der Waals surface area contributed by atoms with Gasteiger partial charge in [0.2, 0.25) is 17.7 Å². The molecule has 0 unspecified atom stereocenters. The van der Waals surface area contributed by atoms with Crippen LogP contribution in [-0.4, -0.2) is 22.6 Å². The average molecular weight is 374 g/mol. The molecule has 1 aromatic heterocycles. The van der Waals surface area contributed by atoms with Crippen LogP contribution < -0.4 is 5.32 Å². The van der Waals surface area contributed by atoms with E-state index in [2.05, 4.69) is 15.5 Å². The molecule has 1 heterocycles. The number of nitrogens with zero attached hydrogens (tertiary/aromatic N) is 2. The number of carbonyl (C=O) groups excluding carboxylic acids is 1. The maximum Gasteiger partial charge on any atom is 0.247 e. The van der Waals surface area contributed by atoms with Crippen LogP contribution >= 0.6 is 11.6 Å². The number of hydrogen-bond donors (Lipinski definition) is 1. The molecule has 0 bridgehead atoms. The third-order valence-corrected chi connectivity index (χ3v) is 4.05. The first-order valence-corrected chi connectivity index (χ1v) is 8.58. The Bertz CT molecular complexity index is 881. The van der Waals surface area contributed by atoms with Crippen molar-refractivity contribution in [1.82, 2.24) is 15.5 Å². The van der Waals surface area contributed by atoms with Crippen LogP contribution in [0.1, 0.15) is 17.9 Å². The zero-order valence-electron chi connectivity index (χ0n) is 13.9. The van der Waals surface area contributed by atoms with Gasteiger partial charge in [-0.15, -0.1) is 10.2 Å². The van der Waals surface area contributed by atoms with Gasteiger partial charge < -0.3 is 9.73 Å². The largest absolute Gasteiger partial charge is 0.421 e. The molecule has 0 aliphatic rings. The molecule has 1 N–H and O–H groups in total. The molecule has 0 fully saturated rings. The van der Waals surface area contributed by atoms with E-state index in [4.69, 9.17) is 16.0 Å². The average Bonchev–Trinajstić information content (AvgIpc) is 3.11. The number of benzene rings is 2. The minimum Gasteiger partial charge on any atom is -0.421 e. The van der Waals surface area contributed by atoms with E-state index in [1.54, 1.807) is 42.5 Å². The minimum atomic E-state index is -0.262. The summed E-state index contributed by atoms with van der Waals surface area (Å²) in [5, 5.41) is 11.3. The Labute approximate surface area is 155 Å². The van der Waals surface area contributed by atoms with Crippen LogP contribution in [0.3, 0.4) is 0 Å². The van der Waals surface area contributed by atoms with Gasteiger partial charge in [-0.05, 0) is 42.3 Å². The summed E-state index contributed by atoms with van der Waals surface area (Å²) in [6.45, 7) is 0.375. The van der Waals surface area contributed by atoms with E-state index in [9.17, 15) is 9.18 Å². The predicted molar refractivity (Wildman–Crippen MR) is 96.2 cm³/mol. The van der Waals surface area contributed by atoms with E-state index in [0.29, 0.717) is 41.8 Å². The van der Waals surface area contributed by atoms with Crippen molar-refractivity contribution in [2.45, 2.75) is 19.3 Å². The number of aromatic nitrogens is 2. The monoisotopic (exact) mass is 373 g/mol. The molecule has 0 atom stereocenters. The van der Waals surface area contributed by atoms with Crippen LogP contribution in [0.2, 0.25) is 5.02 Å². The van der Waals surface area contributed by atoms with Crippen molar-refractivity contribution in [3.63, 3.8) is 0 Å². The fourth-order valence-corrected chi connectivity index (χ4v) is 2.54. The van der Waals surface area contributed by atoms with Gasteiger partial charge in [0.25, 0.3) is 0 Å². The van der Waals surface area contributed by atoms with Gasteiger partial charge >= 0.3 is 0 Å². The fourth-order valence-electron chi connectivity index (χ4n) is 2.41. The molecule has 0 radical (unpaired) electrons. The van der Waals surface area contributed by atoms with Crippen LogP contribution in [0, 0.1) is 5.82 Å². The van der Waals surface area contributed by atoms with Crippen molar-refractivity contribution in [3.8, 4) is 11.5 Å². The molecule has 0 saturated heterocycles. The molecular weight excluding hydrogens is 357 g/mol. The maximum absolute atomic E-state index is 13.5. The van der Waals surface area contributed by atoms with Gasteiger partial charge in [0, 0.05) is 30.0 Å². The van der Waals surface area contributed by atoms with Gasteiger partial charge in [0.1, 0.15) is 5.82 Å². The van der Waals surface area contributed by atoms with Crippen molar-refractivity contribution in [2.24, 2.45) is 0 Å². The van der Waals surface area contributed by atoms with Gasteiger partial charge in [0.05, 0.1) is 0 Å². The van der Waals surface area contributed by atoms with E-state index in [0.717, 1.165) is 5.56 Å². The summed E-state index contributed by atoms with van der Waals surface area (Å²) in [4.78, 5) is 11.9. The summed E-state index contributed by atoms with van der Waals surface area (Å²) in [5.74, 6) is 0.366. The normalized spacial score (nSPS) is 10.7. The Hall–Kier alpha value is -2.73. The van der Waals surface area contributed by atoms with E-state index in [1.165, 1.54) is 6.07 Å². The molecule has 0 saturated carbocycles. The standard InChI is InChI=1S/C19H17ClFN3O2/c20-15-7-5-14(6-8-15)19-24-23-18(26-19)10-9-17(25)22-12-11-13-3-1-2-4-16(13)21/h1-8H,9-12H2,(H,22,25). The molecule has 7 heteroatoms. The lowest BCUT2D eigenvalue weighted by Gasteiger charge is -2.05. The predicted octanol–water partition coefficient (Wildman–Crippen LogP) is 3.82. The molecule has 2 aromatic carbocycles. The number of rotatable bonds is 7. The van der Waals surface area contributed by atoms with E-state index < -0.39 is 0 Å². The van der Waals surface area contributed by atoms with Crippen molar-refractivity contribution in [2.75, 3.05) is 6.54 Å². The summed E-state index contributed by atoms with van der Waals surface area (Å²) in [5.41, 5.74) is 1.35. The zero-order chi connectivity index (χ0) is 18.4. The van der Waals surface area contributed by atoms with Crippen molar-refractivity contribution < 1.29 is 13.6 Å². The van der Waals surface area contributed by atoms with Gasteiger partial charge in [-0.2, -0.15) is 0 Å². The molecular formula is C19H17ClFN3O2. The Kier molecular flexibility index (Phi) is 5.96. The second-order valence-electron chi connectivity index (χ2n) is 5.70. The number of nitrogens with one attached hydrogen (secondary N) is 1. The van der Waals surface area contributed by atoms with E-state index in [-0.39, 0.29) is 18.1 Å². The molecule has 134 valence electrons. The first-order chi connectivity index (χ1) is 12.6. The Morgan fingerprint density at radius 1 is 1.08 bits per heavy atom. The lowest BCUT2D eigenvalue weighted by atomic mass is 10.1. The third-order valence-electron chi connectivity index (χ3n) is 3.80. The number of halogens is 2. The smallest absolute Gasteiger partial charge is 0.247 e. The summed E-state index contributed by atoms with van der Waals surface area (Å²) in [6, 6.07) is 13.6. The van der Waals surface area contributed by atoms with Gasteiger partial charge in [-0.25, -0.2) is 4.39 Å². The second kappa shape index (κ2) is 8.58. The van der Waals surface area contributed by atoms with Crippen molar-refractivity contribution in [3.05, 3.63) is 70.8 Å². The topological polar surface area (TPSA) is 68.0 Å². The number of amides is 1. The second-order valence-corrected chi connectivity index (χ2v) is 6.14. The molecule has 3 aromatic rings. The van der Waals surface area contributed by atoms with Gasteiger partial charge in [0.15, 0.2) is 0 Å². The lowest BCUT2D eigenvalue weighted by Crippen LogP contribution is -2.26. The molecule has 3 rings (SSSR count). The lowest BCUT2D eigenvalue weighted by molar-refractivity contribution is -0.121. The highest BCUT2D eigenvalue weighted by Gasteiger charge is 2.10. The highest BCUT2D eigenvalue weighted by atomic mass is 35.5. The molecule has 1 amide bonds. The number of aryl methyl sites for hydroxylation is 1. The first-order valence-electron chi connectivity index (χ1n) is 8.20. The molecule has 26 heavy (non-hydrogen) atoms. The molecule has 5 nitrogen and oxygen atoms in total. The quantitative estimate of drug-likeness (QED) is 0.683. The summed E-state index contributed by atoms with van der Waals surface area (Å²) >= 11 is 5.85. The van der Waals surface area contributed by atoms with Crippen molar-refractivity contribution in [1.29, 1.82) is 0 Å². The number of hydrogen-bond acceptors (Lipinski definition) is 4. The SMILES string of the molecule is O=C(CCc1nnc(-c2ccc(Cl)cc2)o1)NCCc1ccccc1F. The number of carbonyl (C=O) groups is 1. The highest BCUT2D eigenvalue weighted by molar-refractivity contribution is 6.30. The van der Waals surface area contributed by atoms with Crippen LogP contribution in [0.15, 0.2) is 52.9 Å². The van der Waals surface area contributed by atoms with Gasteiger partial charge in [-0.1, -0.05) is 29.8 Å². The summed E-state index contributed by atoms with van der Waals surface area (Å²) < 4.78 is 19.1. The first kappa shape index (κ1) is 18.1. The highest BCUT2D eigenvalue weighted by Crippen LogP contribution is 2.20. The van der Waals surface area contributed by atoms with Crippen LogP contribution in [0.4, 0.5) is 4.39 Å². The summed E-state index contributed by atoms with van der Waals surface area (Å²) in [6.07, 6.45) is 1.01. The van der Waals surface area contributed by atoms with Crippen LogP contribution in [-0.2, 0) is 17.6 Å². The van der Waals surface area contributed by atoms with Gasteiger partial charge in [-0.3, -0.25) is 4.79 Å². The Morgan fingerprint density at radius 2 is 1.85 bits per heavy atom. The van der Waals surface area contributed by atoms with E-state index >= 15 is 0 Å². The minimum absolute atomic E-state index is 0.146. The van der Waals surface area contributed by atoms with E-state index in [1.807, 2.05) is 0 Å². The van der Waals surface area contributed by atoms with Crippen molar-refractivity contribution >= 4 is 17.5 Å².